The van der Waals surface area contributed by atoms with Gasteiger partial charge < -0.3 is 19.9 Å². The van der Waals surface area contributed by atoms with E-state index in [-0.39, 0.29) is 29.1 Å². The van der Waals surface area contributed by atoms with Crippen LogP contribution in [0.4, 0.5) is 17.6 Å². The number of primary amides is 1. The molecule has 2 bridgehead atoms. The number of aliphatic hydroxyl groups is 1. The number of allylic oxidation sites excluding steroid dienone is 2. The van der Waals surface area contributed by atoms with Gasteiger partial charge in [-0.2, -0.15) is 13.2 Å². The van der Waals surface area contributed by atoms with E-state index in [1.54, 1.807) is 13.0 Å². The molecule has 2 atom stereocenters. The first-order valence-corrected chi connectivity index (χ1v) is 10.1. The lowest BCUT2D eigenvalue weighted by Gasteiger charge is -2.27. The Morgan fingerprint density at radius 3 is 2.59 bits per heavy atom. The number of hydrogen-bond donors (Lipinski definition) is 2. The van der Waals surface area contributed by atoms with Crippen LogP contribution in [0.1, 0.15) is 58.1 Å². The van der Waals surface area contributed by atoms with Crippen LogP contribution in [0.15, 0.2) is 28.8 Å². The third-order valence-electron chi connectivity index (χ3n) is 5.83. The van der Waals surface area contributed by atoms with E-state index in [2.05, 4.69) is 22.0 Å². The number of imidazole rings is 1. The molecule has 3 aromatic rings. The van der Waals surface area contributed by atoms with Crippen molar-refractivity contribution in [2.75, 3.05) is 0 Å². The highest BCUT2D eigenvalue weighted by Gasteiger charge is 2.46. The van der Waals surface area contributed by atoms with E-state index >= 15 is 0 Å². The number of nitrogens with zero attached hydrogens (tertiary/aromatic N) is 3. The summed E-state index contributed by atoms with van der Waals surface area (Å²) in [6, 6.07) is 3.19. The van der Waals surface area contributed by atoms with Crippen molar-refractivity contribution in [2.24, 2.45) is 5.73 Å². The zero-order chi connectivity index (χ0) is 24.6. The average molecular weight is 472 g/mol. The molecule has 7 nitrogen and oxygen atoms in total. The van der Waals surface area contributed by atoms with Crippen LogP contribution in [0.5, 0.6) is 0 Å². The van der Waals surface area contributed by atoms with Crippen LogP contribution in [0.2, 0.25) is 0 Å². The zero-order valence-corrected chi connectivity index (χ0v) is 17.8. The van der Waals surface area contributed by atoms with Crippen molar-refractivity contribution in [1.29, 1.82) is 0 Å². The van der Waals surface area contributed by atoms with Crippen molar-refractivity contribution in [3.8, 4) is 23.2 Å². The molecule has 1 aromatic carbocycles. The summed E-state index contributed by atoms with van der Waals surface area (Å²) in [5.74, 6) is 3.29. The Morgan fingerprint density at radius 2 is 2.00 bits per heavy atom. The smallest absolute Gasteiger partial charge is 0.372 e. The fourth-order valence-electron chi connectivity index (χ4n) is 4.15. The number of aryl methyl sites for hydroxylation is 1. The van der Waals surface area contributed by atoms with E-state index < -0.39 is 40.9 Å². The average Bonchev–Trinajstić information content (AvgIpc) is 3.26. The largest absolute Gasteiger partial charge is 0.433 e. The number of halogens is 4. The SMILES string of the molecule is Cc1cc(C(C)(O)C#Cc2cc3c(cc2F)C2=CC(C2)n2c-3nc(C(N)=O)c2C(F)(F)F)no1. The Morgan fingerprint density at radius 1 is 1.29 bits per heavy atom. The van der Waals surface area contributed by atoms with Gasteiger partial charge in [-0.1, -0.05) is 23.1 Å². The standard InChI is InChI=1S/C23H16F4N4O3/c1-10-5-17(30-34-10)22(2,33)4-3-11-8-15-14(9-16(11)24)12-6-13(7-12)31-19(23(25,26)27)18(20(28)32)29-21(15)31/h5-6,8-9,13,33H,7H2,1-2H3,(H2,28,32). The Balaban J connectivity index is 1.69. The number of carbonyl (C=O) groups excluding carboxylic acids is 1. The molecule has 6 rings (SSSR count). The lowest BCUT2D eigenvalue weighted by Crippen LogP contribution is -2.24. The zero-order valence-electron chi connectivity index (χ0n) is 17.8. The van der Waals surface area contributed by atoms with Gasteiger partial charge in [-0.3, -0.25) is 4.79 Å². The van der Waals surface area contributed by atoms with E-state index in [1.165, 1.54) is 19.1 Å². The van der Waals surface area contributed by atoms with Gasteiger partial charge in [0.15, 0.2) is 17.0 Å². The van der Waals surface area contributed by atoms with Crippen LogP contribution in [0.25, 0.3) is 17.0 Å². The van der Waals surface area contributed by atoms with Crippen molar-refractivity contribution in [2.45, 2.75) is 38.1 Å². The minimum absolute atomic E-state index is 0.120. The van der Waals surface area contributed by atoms with Gasteiger partial charge in [-0.25, -0.2) is 9.37 Å². The number of alkyl halides is 3. The molecule has 3 aliphatic rings. The lowest BCUT2D eigenvalue weighted by atomic mass is 9.86. The summed E-state index contributed by atoms with van der Waals surface area (Å²) < 4.78 is 62.4. The number of aromatic nitrogens is 3. The first-order valence-electron chi connectivity index (χ1n) is 10.1. The number of amides is 1. The number of benzene rings is 1. The topological polar surface area (TPSA) is 107 Å². The van der Waals surface area contributed by atoms with Gasteiger partial charge >= 0.3 is 6.18 Å². The molecular weight excluding hydrogens is 456 g/mol. The van der Waals surface area contributed by atoms with Gasteiger partial charge in [0.25, 0.3) is 5.91 Å². The van der Waals surface area contributed by atoms with Gasteiger partial charge in [0, 0.05) is 11.6 Å². The highest BCUT2D eigenvalue weighted by molar-refractivity contribution is 5.94. The number of nitrogens with two attached hydrogens (primary N) is 1. The molecule has 174 valence electrons. The van der Waals surface area contributed by atoms with Crippen molar-refractivity contribution in [3.05, 3.63) is 64.1 Å². The Hall–Kier alpha value is -3.91. The summed E-state index contributed by atoms with van der Waals surface area (Å²) in [5.41, 5.74) is 2.39. The minimum atomic E-state index is -4.89. The molecule has 1 aliphatic carbocycles. The Kier molecular flexibility index (Phi) is 4.54. The van der Waals surface area contributed by atoms with Crippen LogP contribution < -0.4 is 5.73 Å². The van der Waals surface area contributed by atoms with E-state index in [0.717, 1.165) is 10.6 Å². The molecular formula is C23H16F4N4O3. The quantitative estimate of drug-likeness (QED) is 0.437. The molecule has 4 heterocycles. The maximum Gasteiger partial charge on any atom is 0.433 e. The van der Waals surface area contributed by atoms with E-state index in [4.69, 9.17) is 10.3 Å². The summed E-state index contributed by atoms with van der Waals surface area (Å²) >= 11 is 0. The lowest BCUT2D eigenvalue weighted by molar-refractivity contribution is -0.144. The summed E-state index contributed by atoms with van der Waals surface area (Å²) in [6.07, 6.45) is -3.11. The summed E-state index contributed by atoms with van der Waals surface area (Å²) in [4.78, 5) is 15.7. The fourth-order valence-corrected chi connectivity index (χ4v) is 4.15. The second-order valence-corrected chi connectivity index (χ2v) is 8.35. The molecule has 1 amide bonds. The van der Waals surface area contributed by atoms with Gasteiger partial charge in [0.2, 0.25) is 0 Å². The first kappa shape index (κ1) is 21.9. The van der Waals surface area contributed by atoms with E-state index in [9.17, 15) is 27.5 Å². The fraction of sp³-hybridized carbons (Fsp3) is 0.261. The van der Waals surface area contributed by atoms with E-state index in [0.29, 0.717) is 16.9 Å². The van der Waals surface area contributed by atoms with Crippen molar-refractivity contribution in [1.82, 2.24) is 14.7 Å². The summed E-state index contributed by atoms with van der Waals surface area (Å²) in [7, 11) is 0. The maximum absolute atomic E-state index is 14.9. The summed E-state index contributed by atoms with van der Waals surface area (Å²) in [6.45, 7) is 2.98. The maximum atomic E-state index is 14.9. The van der Waals surface area contributed by atoms with Crippen molar-refractivity contribution < 1.29 is 32.0 Å². The van der Waals surface area contributed by atoms with Gasteiger partial charge in [-0.05, 0) is 43.5 Å². The summed E-state index contributed by atoms with van der Waals surface area (Å²) in [5, 5.41) is 14.3. The molecule has 0 radical (unpaired) electrons. The second-order valence-electron chi connectivity index (χ2n) is 8.35. The van der Waals surface area contributed by atoms with Crippen LogP contribution in [-0.2, 0) is 11.8 Å². The molecule has 0 spiro atoms. The normalized spacial score (nSPS) is 17.9. The van der Waals surface area contributed by atoms with Crippen molar-refractivity contribution >= 4 is 11.5 Å². The molecule has 0 saturated heterocycles. The second kappa shape index (κ2) is 7.04. The number of carbonyl (C=O) groups is 1. The Labute approximate surface area is 189 Å². The molecule has 2 aliphatic heterocycles. The third kappa shape index (κ3) is 3.30. The molecule has 11 heteroatoms. The predicted molar refractivity (Wildman–Crippen MR) is 110 cm³/mol. The van der Waals surface area contributed by atoms with Crippen molar-refractivity contribution in [3.63, 3.8) is 0 Å². The molecule has 0 fully saturated rings. The van der Waals surface area contributed by atoms with Gasteiger partial charge in [0.1, 0.15) is 23.1 Å². The number of rotatable bonds is 2. The molecule has 0 saturated carbocycles. The highest BCUT2D eigenvalue weighted by atomic mass is 19.4. The van der Waals surface area contributed by atoms with Gasteiger partial charge in [-0.15, -0.1) is 0 Å². The third-order valence-corrected chi connectivity index (χ3v) is 5.83. The van der Waals surface area contributed by atoms with Crippen LogP contribution >= 0.6 is 0 Å². The van der Waals surface area contributed by atoms with Gasteiger partial charge in [0.05, 0.1) is 11.6 Å². The van der Waals surface area contributed by atoms with E-state index in [1.807, 2.05) is 0 Å². The Bertz CT molecular complexity index is 1470. The first-order chi connectivity index (χ1) is 15.9. The molecule has 34 heavy (non-hydrogen) atoms. The number of hydrogen-bond acceptors (Lipinski definition) is 5. The minimum Gasteiger partial charge on any atom is -0.372 e. The monoisotopic (exact) mass is 472 g/mol. The molecule has 2 aromatic heterocycles. The van der Waals surface area contributed by atoms with Crippen LogP contribution in [-0.4, -0.2) is 25.7 Å². The van der Waals surface area contributed by atoms with Crippen LogP contribution in [0, 0.1) is 24.6 Å². The molecule has 3 N–H and O–H groups in total. The molecule has 2 unspecified atom stereocenters. The van der Waals surface area contributed by atoms with Crippen LogP contribution in [0.3, 0.4) is 0 Å². The highest BCUT2D eigenvalue weighted by Crippen LogP contribution is 2.50. The predicted octanol–water partition coefficient (Wildman–Crippen LogP) is 3.70.